The van der Waals surface area contributed by atoms with Gasteiger partial charge in [0, 0.05) is 5.56 Å². The highest BCUT2D eigenvalue weighted by Gasteiger charge is 2.65. The summed E-state index contributed by atoms with van der Waals surface area (Å²) in [4.78, 5) is 10.9. The monoisotopic (exact) mass is 365 g/mol. The maximum atomic E-state index is 12.8. The van der Waals surface area contributed by atoms with Gasteiger partial charge in [0.2, 0.25) is 0 Å². The summed E-state index contributed by atoms with van der Waals surface area (Å²) in [5.74, 6) is 0.272. The van der Waals surface area contributed by atoms with Crippen molar-refractivity contribution in [3.8, 4) is 11.3 Å². The van der Waals surface area contributed by atoms with Crippen molar-refractivity contribution >= 4 is 38.0 Å². The number of fused-ring (bicyclic) bond motifs is 1. The highest BCUT2D eigenvalue weighted by atomic mass is 32.5. The first-order valence-corrected chi connectivity index (χ1v) is 8.89. The molecule has 0 aliphatic carbocycles. The molecule has 0 aliphatic heterocycles. The van der Waals surface area contributed by atoms with E-state index in [0.29, 0.717) is 22.5 Å². The van der Waals surface area contributed by atoms with Crippen LogP contribution in [-0.2, 0) is 0 Å². The topological polar surface area (TPSA) is 38.7 Å². The highest BCUT2D eigenvalue weighted by Crippen LogP contribution is 3.02. The van der Waals surface area contributed by atoms with Crippen LogP contribution in [0.2, 0.25) is 0 Å². The Balaban J connectivity index is 2.18. The lowest BCUT2D eigenvalue weighted by molar-refractivity contribution is 0.364. The van der Waals surface area contributed by atoms with E-state index in [1.54, 1.807) is 0 Å². The van der Waals surface area contributed by atoms with Gasteiger partial charge in [-0.15, -0.1) is 11.3 Å². The standard InChI is InChI=1S/C13H8F5N3S2/c1-2-10-20-11(12-13(21-10)22-7-19-12)8-3-5-9(6-4-8)23(14,15,16,17)18/h2-7H,1H2. The number of nitrogens with zero attached hydrogens (tertiary/aromatic N) is 3. The summed E-state index contributed by atoms with van der Waals surface area (Å²) >= 11 is 1.23. The molecule has 10 heteroatoms. The molecular weight excluding hydrogens is 357 g/mol. The van der Waals surface area contributed by atoms with Crippen LogP contribution in [0.1, 0.15) is 5.82 Å². The molecule has 0 spiro atoms. The summed E-state index contributed by atoms with van der Waals surface area (Å²) in [6, 6.07) is 2.60. The van der Waals surface area contributed by atoms with Gasteiger partial charge in [-0.3, -0.25) is 0 Å². The molecule has 122 valence electrons. The van der Waals surface area contributed by atoms with Crippen LogP contribution >= 0.6 is 21.6 Å². The van der Waals surface area contributed by atoms with E-state index in [4.69, 9.17) is 0 Å². The average Bonchev–Trinajstić information content (AvgIpc) is 2.92. The van der Waals surface area contributed by atoms with Crippen LogP contribution in [0.25, 0.3) is 27.7 Å². The highest BCUT2D eigenvalue weighted by molar-refractivity contribution is 8.45. The molecule has 2 aromatic heterocycles. The second-order valence-electron chi connectivity index (χ2n) is 4.63. The van der Waals surface area contributed by atoms with Crippen molar-refractivity contribution in [1.82, 2.24) is 15.0 Å². The van der Waals surface area contributed by atoms with Crippen LogP contribution in [0.3, 0.4) is 0 Å². The van der Waals surface area contributed by atoms with Gasteiger partial charge in [0.25, 0.3) is 0 Å². The van der Waals surface area contributed by atoms with Gasteiger partial charge in [0.05, 0.1) is 5.51 Å². The summed E-state index contributed by atoms with van der Waals surface area (Å²) < 4.78 is 63.8. The average molecular weight is 365 g/mol. The Labute approximate surface area is 131 Å². The normalized spacial score (nSPS) is 15.2. The molecule has 23 heavy (non-hydrogen) atoms. The van der Waals surface area contributed by atoms with Gasteiger partial charge in [-0.25, -0.2) is 15.0 Å². The SMILES string of the molecule is C=Cc1nc(-c2ccc(S(F)(F)(F)(F)F)cc2)c2ncsc2n1. The van der Waals surface area contributed by atoms with E-state index in [1.165, 1.54) is 22.9 Å². The van der Waals surface area contributed by atoms with Gasteiger partial charge in [0.15, 0.2) is 5.82 Å². The Morgan fingerprint density at radius 1 is 1.00 bits per heavy atom. The molecular formula is C13H8F5N3S2. The molecule has 0 saturated heterocycles. The molecule has 0 unspecified atom stereocenters. The van der Waals surface area contributed by atoms with Crippen molar-refractivity contribution in [2.24, 2.45) is 0 Å². The third-order valence-electron chi connectivity index (χ3n) is 2.97. The van der Waals surface area contributed by atoms with E-state index in [9.17, 15) is 19.4 Å². The first-order chi connectivity index (χ1) is 10.5. The summed E-state index contributed by atoms with van der Waals surface area (Å²) in [5, 5.41) is 0. The Hall–Kier alpha value is -2.07. The van der Waals surface area contributed by atoms with Crippen LogP contribution < -0.4 is 0 Å². The van der Waals surface area contributed by atoms with Crippen LogP contribution in [0.4, 0.5) is 19.4 Å². The number of aromatic nitrogens is 3. The molecule has 0 fully saturated rings. The van der Waals surface area contributed by atoms with E-state index in [-0.39, 0.29) is 17.1 Å². The Kier molecular flexibility index (Phi) is 2.93. The van der Waals surface area contributed by atoms with Crippen LogP contribution in [0.5, 0.6) is 0 Å². The first-order valence-electron chi connectivity index (χ1n) is 6.06. The van der Waals surface area contributed by atoms with Crippen molar-refractivity contribution in [2.75, 3.05) is 0 Å². The van der Waals surface area contributed by atoms with E-state index in [2.05, 4.69) is 21.5 Å². The molecule has 0 N–H and O–H groups in total. The summed E-state index contributed by atoms with van der Waals surface area (Å²) in [7, 11) is -9.69. The second kappa shape index (κ2) is 4.26. The van der Waals surface area contributed by atoms with E-state index < -0.39 is 15.1 Å². The number of hydrogen-bond donors (Lipinski definition) is 0. The molecule has 0 aliphatic rings. The molecule has 2 heterocycles. The first kappa shape index (κ1) is 15.8. The second-order valence-corrected chi connectivity index (χ2v) is 7.88. The fourth-order valence-electron chi connectivity index (χ4n) is 1.94. The molecule has 0 radical (unpaired) electrons. The molecule has 0 bridgehead atoms. The smallest absolute Gasteiger partial charge is 0.241 e. The van der Waals surface area contributed by atoms with Crippen molar-refractivity contribution in [2.45, 2.75) is 4.90 Å². The van der Waals surface area contributed by atoms with Crippen LogP contribution in [0, 0.1) is 0 Å². The van der Waals surface area contributed by atoms with Crippen molar-refractivity contribution in [1.29, 1.82) is 0 Å². The lowest BCUT2D eigenvalue weighted by Crippen LogP contribution is -2.05. The predicted molar refractivity (Wildman–Crippen MR) is 82.1 cm³/mol. The third kappa shape index (κ3) is 3.04. The molecule has 0 atom stereocenters. The molecule has 3 aromatic rings. The molecule has 3 rings (SSSR count). The minimum atomic E-state index is -9.69. The number of hydrogen-bond acceptors (Lipinski definition) is 4. The van der Waals surface area contributed by atoms with E-state index in [1.807, 2.05) is 0 Å². The van der Waals surface area contributed by atoms with Crippen molar-refractivity contribution in [3.05, 3.63) is 42.2 Å². The van der Waals surface area contributed by atoms with Gasteiger partial charge in [-0.05, 0) is 18.2 Å². The number of rotatable bonds is 3. The fourth-order valence-corrected chi connectivity index (χ4v) is 3.26. The molecule has 3 nitrogen and oxygen atoms in total. The van der Waals surface area contributed by atoms with Gasteiger partial charge in [0.1, 0.15) is 20.9 Å². The zero-order valence-corrected chi connectivity index (χ0v) is 12.9. The number of halogens is 5. The lowest BCUT2D eigenvalue weighted by atomic mass is 10.1. The van der Waals surface area contributed by atoms with Crippen LogP contribution in [0.15, 0.2) is 41.3 Å². The summed E-state index contributed by atoms with van der Waals surface area (Å²) in [6.07, 6.45) is 1.38. The largest absolute Gasteiger partial charge is 0.310 e. The molecule has 0 saturated carbocycles. The minimum Gasteiger partial charge on any atom is -0.241 e. The zero-order valence-electron chi connectivity index (χ0n) is 11.2. The van der Waals surface area contributed by atoms with Crippen molar-refractivity contribution < 1.29 is 19.4 Å². The van der Waals surface area contributed by atoms with Gasteiger partial charge >= 0.3 is 10.2 Å². The maximum Gasteiger partial charge on any atom is 0.310 e. The maximum absolute atomic E-state index is 12.8. The number of benzene rings is 1. The van der Waals surface area contributed by atoms with Gasteiger partial charge < -0.3 is 0 Å². The third-order valence-corrected chi connectivity index (χ3v) is 4.85. The number of thiazole rings is 1. The molecule has 0 amide bonds. The minimum absolute atomic E-state index is 0.233. The van der Waals surface area contributed by atoms with E-state index >= 15 is 0 Å². The predicted octanol–water partition coefficient (Wildman–Crippen LogP) is 6.05. The Bertz CT molecular complexity index is 917. The lowest BCUT2D eigenvalue weighted by Gasteiger charge is -2.40. The Morgan fingerprint density at radius 3 is 2.22 bits per heavy atom. The fraction of sp³-hybridized carbons (Fsp3) is 0. The van der Waals surface area contributed by atoms with E-state index in [0.717, 1.165) is 12.1 Å². The zero-order chi connectivity index (χ0) is 16.9. The van der Waals surface area contributed by atoms with Crippen LogP contribution in [-0.4, -0.2) is 15.0 Å². The Morgan fingerprint density at radius 2 is 1.65 bits per heavy atom. The van der Waals surface area contributed by atoms with Gasteiger partial charge in [-0.2, -0.15) is 0 Å². The summed E-state index contributed by atoms with van der Waals surface area (Å²) in [6.45, 7) is 3.54. The van der Waals surface area contributed by atoms with Gasteiger partial charge in [-0.1, -0.05) is 38.1 Å². The van der Waals surface area contributed by atoms with Crippen molar-refractivity contribution in [3.63, 3.8) is 0 Å². The summed E-state index contributed by atoms with van der Waals surface area (Å²) in [5.41, 5.74) is 2.40. The quantitative estimate of drug-likeness (QED) is 0.530. The molecule has 1 aromatic carbocycles.